The van der Waals surface area contributed by atoms with Gasteiger partial charge in [0, 0.05) is 50.5 Å². The molecule has 1 aromatic heterocycles. The summed E-state index contributed by atoms with van der Waals surface area (Å²) in [6, 6.07) is 0.275. The molecule has 0 radical (unpaired) electrons. The van der Waals surface area contributed by atoms with Crippen LogP contribution in [0.5, 0.6) is 0 Å². The highest BCUT2D eigenvalue weighted by molar-refractivity contribution is 5.82. The number of nitrogens with zero attached hydrogens (tertiary/aromatic N) is 3. The van der Waals surface area contributed by atoms with Crippen LogP contribution in [0.3, 0.4) is 0 Å². The average Bonchev–Trinajstić information content (AvgIpc) is 2.88. The lowest BCUT2D eigenvalue weighted by Gasteiger charge is -2.34. The zero-order valence-corrected chi connectivity index (χ0v) is 12.6. The Morgan fingerprint density at radius 3 is 3.05 bits per heavy atom. The van der Waals surface area contributed by atoms with Crippen molar-refractivity contribution in [3.05, 3.63) is 18.0 Å². The monoisotopic (exact) mass is 279 g/mol. The number of hydrogen-bond donors (Lipinski definition) is 2. The molecule has 2 heterocycles. The molecule has 0 aliphatic carbocycles. The first-order chi connectivity index (χ1) is 9.61. The van der Waals surface area contributed by atoms with Crippen molar-refractivity contribution in [3.63, 3.8) is 0 Å². The number of amides is 1. The van der Waals surface area contributed by atoms with Crippen molar-refractivity contribution in [1.29, 1.82) is 0 Å². The molecule has 0 bridgehead atoms. The van der Waals surface area contributed by atoms with Gasteiger partial charge >= 0.3 is 0 Å². The van der Waals surface area contributed by atoms with E-state index in [2.05, 4.69) is 40.7 Å². The number of rotatable bonds is 5. The minimum absolute atomic E-state index is 0.0916. The molecule has 2 rings (SSSR count). The van der Waals surface area contributed by atoms with Crippen molar-refractivity contribution in [3.8, 4) is 0 Å². The van der Waals surface area contributed by atoms with Gasteiger partial charge in [-0.25, -0.2) is 0 Å². The Bertz CT molecular complexity index is 443. The lowest BCUT2D eigenvalue weighted by Crippen LogP contribution is -2.57. The van der Waals surface area contributed by atoms with Gasteiger partial charge < -0.3 is 10.6 Å². The van der Waals surface area contributed by atoms with Crippen LogP contribution in [0, 0.1) is 0 Å². The Labute approximate surface area is 120 Å². The fourth-order valence-corrected chi connectivity index (χ4v) is 2.46. The number of likely N-dealkylation sites (N-methyl/N-ethyl adjacent to an activating group) is 1. The maximum absolute atomic E-state index is 12.1. The van der Waals surface area contributed by atoms with E-state index in [4.69, 9.17) is 0 Å². The van der Waals surface area contributed by atoms with Crippen LogP contribution in [-0.4, -0.2) is 52.8 Å². The van der Waals surface area contributed by atoms with Crippen LogP contribution < -0.4 is 10.6 Å². The summed E-state index contributed by atoms with van der Waals surface area (Å²) < 4.78 is 1.96. The lowest BCUT2D eigenvalue weighted by atomic mass is 10.1. The van der Waals surface area contributed by atoms with E-state index in [1.165, 1.54) is 0 Å². The third-order valence-corrected chi connectivity index (χ3v) is 3.58. The van der Waals surface area contributed by atoms with Crippen molar-refractivity contribution in [2.75, 3.05) is 26.2 Å². The van der Waals surface area contributed by atoms with E-state index in [0.717, 1.165) is 25.2 Å². The maximum Gasteiger partial charge on any atom is 0.238 e. The third kappa shape index (κ3) is 3.58. The molecule has 0 saturated carbocycles. The number of nitrogens with one attached hydrogen (secondary N) is 2. The highest BCUT2D eigenvalue weighted by Gasteiger charge is 2.28. The first-order valence-electron chi connectivity index (χ1n) is 7.37. The molecule has 1 saturated heterocycles. The highest BCUT2D eigenvalue weighted by Crippen LogP contribution is 2.12. The molecule has 112 valence electrons. The summed E-state index contributed by atoms with van der Waals surface area (Å²) in [4.78, 5) is 14.3. The lowest BCUT2D eigenvalue weighted by molar-refractivity contribution is -0.127. The molecule has 1 amide bonds. The number of aromatic nitrogens is 2. The van der Waals surface area contributed by atoms with Gasteiger partial charge in [-0.3, -0.25) is 14.4 Å². The topological polar surface area (TPSA) is 62.2 Å². The summed E-state index contributed by atoms with van der Waals surface area (Å²) in [5.41, 5.74) is 1.16. The van der Waals surface area contributed by atoms with Crippen molar-refractivity contribution in [2.24, 2.45) is 0 Å². The molecule has 1 aliphatic rings. The molecule has 6 nitrogen and oxygen atoms in total. The summed E-state index contributed by atoms with van der Waals surface area (Å²) >= 11 is 0. The van der Waals surface area contributed by atoms with E-state index < -0.39 is 0 Å². The van der Waals surface area contributed by atoms with E-state index in [1.807, 2.05) is 17.8 Å². The van der Waals surface area contributed by atoms with Crippen molar-refractivity contribution < 1.29 is 4.79 Å². The SMILES string of the molecule is CCNC(=O)C1CNCCN1Cc1cnn(C(C)C)c1. The standard InChI is InChI=1S/C14H25N5O/c1-4-16-14(20)13-8-15-5-6-18(13)9-12-7-17-19(10-12)11(2)3/h7,10-11,13,15H,4-6,8-9H2,1-3H3,(H,16,20). The zero-order valence-electron chi connectivity index (χ0n) is 12.6. The summed E-state index contributed by atoms with van der Waals surface area (Å²) in [6.07, 6.45) is 3.97. The van der Waals surface area contributed by atoms with Gasteiger partial charge in [-0.15, -0.1) is 0 Å². The molecular formula is C14H25N5O. The zero-order chi connectivity index (χ0) is 14.5. The van der Waals surface area contributed by atoms with Crippen molar-refractivity contribution in [1.82, 2.24) is 25.3 Å². The van der Waals surface area contributed by atoms with Gasteiger partial charge in [0.2, 0.25) is 5.91 Å². The van der Waals surface area contributed by atoms with E-state index in [0.29, 0.717) is 19.1 Å². The normalized spacial score (nSPS) is 20.3. The van der Waals surface area contributed by atoms with Gasteiger partial charge in [0.25, 0.3) is 0 Å². The van der Waals surface area contributed by atoms with E-state index >= 15 is 0 Å². The van der Waals surface area contributed by atoms with Gasteiger partial charge in [0.1, 0.15) is 6.04 Å². The molecule has 1 atom stereocenters. The van der Waals surface area contributed by atoms with Crippen LogP contribution in [0.25, 0.3) is 0 Å². The maximum atomic E-state index is 12.1. The molecular weight excluding hydrogens is 254 g/mol. The van der Waals surface area contributed by atoms with Gasteiger partial charge in [0.15, 0.2) is 0 Å². The summed E-state index contributed by atoms with van der Waals surface area (Å²) in [7, 11) is 0. The molecule has 0 aromatic carbocycles. The summed E-state index contributed by atoms with van der Waals surface area (Å²) in [5.74, 6) is 0.107. The molecule has 1 aromatic rings. The van der Waals surface area contributed by atoms with E-state index in [1.54, 1.807) is 0 Å². The average molecular weight is 279 g/mol. The molecule has 1 fully saturated rings. The number of carbonyl (C=O) groups excluding carboxylic acids is 1. The number of piperazine rings is 1. The van der Waals surface area contributed by atoms with Crippen LogP contribution in [0.2, 0.25) is 0 Å². The predicted molar refractivity (Wildman–Crippen MR) is 78.4 cm³/mol. The van der Waals surface area contributed by atoms with Gasteiger partial charge in [-0.1, -0.05) is 0 Å². The molecule has 20 heavy (non-hydrogen) atoms. The Hall–Kier alpha value is -1.40. The Morgan fingerprint density at radius 2 is 2.40 bits per heavy atom. The molecule has 1 aliphatic heterocycles. The molecule has 1 unspecified atom stereocenters. The molecule has 2 N–H and O–H groups in total. The predicted octanol–water partition coefficient (Wildman–Crippen LogP) is 0.374. The Morgan fingerprint density at radius 1 is 1.60 bits per heavy atom. The van der Waals surface area contributed by atoms with E-state index in [-0.39, 0.29) is 11.9 Å². The minimum Gasteiger partial charge on any atom is -0.355 e. The van der Waals surface area contributed by atoms with Crippen LogP contribution in [-0.2, 0) is 11.3 Å². The molecule has 0 spiro atoms. The third-order valence-electron chi connectivity index (χ3n) is 3.58. The van der Waals surface area contributed by atoms with Crippen LogP contribution in [0.4, 0.5) is 0 Å². The van der Waals surface area contributed by atoms with Gasteiger partial charge in [-0.05, 0) is 20.8 Å². The largest absolute Gasteiger partial charge is 0.355 e. The van der Waals surface area contributed by atoms with E-state index in [9.17, 15) is 4.79 Å². The summed E-state index contributed by atoms with van der Waals surface area (Å²) in [6.45, 7) is 10.1. The van der Waals surface area contributed by atoms with Crippen LogP contribution >= 0.6 is 0 Å². The number of hydrogen-bond acceptors (Lipinski definition) is 4. The molecule has 6 heteroatoms. The Kier molecular flexibility index (Phi) is 5.14. The smallest absolute Gasteiger partial charge is 0.238 e. The van der Waals surface area contributed by atoms with Gasteiger partial charge in [-0.2, -0.15) is 5.10 Å². The second-order valence-corrected chi connectivity index (χ2v) is 5.51. The highest BCUT2D eigenvalue weighted by atomic mass is 16.2. The Balaban J connectivity index is 2.02. The first kappa shape index (κ1) is 15.0. The second-order valence-electron chi connectivity index (χ2n) is 5.51. The van der Waals surface area contributed by atoms with Crippen molar-refractivity contribution in [2.45, 2.75) is 39.4 Å². The minimum atomic E-state index is -0.0916. The fraction of sp³-hybridized carbons (Fsp3) is 0.714. The second kappa shape index (κ2) is 6.85. The van der Waals surface area contributed by atoms with Crippen LogP contribution in [0.1, 0.15) is 32.4 Å². The fourth-order valence-electron chi connectivity index (χ4n) is 2.46. The summed E-state index contributed by atoms with van der Waals surface area (Å²) in [5, 5.41) is 10.6. The quantitative estimate of drug-likeness (QED) is 0.818. The first-order valence-corrected chi connectivity index (χ1v) is 7.37. The van der Waals surface area contributed by atoms with Crippen molar-refractivity contribution >= 4 is 5.91 Å². The van der Waals surface area contributed by atoms with Crippen LogP contribution in [0.15, 0.2) is 12.4 Å². The number of carbonyl (C=O) groups is 1. The van der Waals surface area contributed by atoms with Gasteiger partial charge in [0.05, 0.1) is 6.20 Å².